The third-order valence-corrected chi connectivity index (χ3v) is 3.94. The molecule has 0 bridgehead atoms. The lowest BCUT2D eigenvalue weighted by atomic mass is 9.87. The van der Waals surface area contributed by atoms with E-state index in [0.717, 1.165) is 37.5 Å². The molecule has 0 spiro atoms. The van der Waals surface area contributed by atoms with Gasteiger partial charge in [-0.1, -0.05) is 12.8 Å². The van der Waals surface area contributed by atoms with E-state index in [9.17, 15) is 0 Å². The Morgan fingerprint density at radius 1 is 1.38 bits per heavy atom. The van der Waals surface area contributed by atoms with Crippen molar-refractivity contribution in [3.8, 4) is 0 Å². The molecule has 1 saturated carbocycles. The van der Waals surface area contributed by atoms with Crippen LogP contribution in [0.3, 0.4) is 0 Å². The van der Waals surface area contributed by atoms with Crippen molar-refractivity contribution in [1.82, 2.24) is 10.2 Å². The van der Waals surface area contributed by atoms with Crippen molar-refractivity contribution in [2.24, 2.45) is 0 Å². The molecule has 2 fully saturated rings. The van der Waals surface area contributed by atoms with Crippen LogP contribution in [0.1, 0.15) is 31.4 Å². The Labute approximate surface area is 96.8 Å². The summed E-state index contributed by atoms with van der Waals surface area (Å²) in [5.74, 6) is 1.10. The topological polar surface area (TPSA) is 28.4 Å². The first kappa shape index (κ1) is 10.4. The molecule has 16 heavy (non-hydrogen) atoms. The molecule has 3 rings (SSSR count). The van der Waals surface area contributed by atoms with E-state index in [4.69, 9.17) is 4.42 Å². The molecule has 1 saturated heterocycles. The zero-order chi connectivity index (χ0) is 10.8. The summed E-state index contributed by atoms with van der Waals surface area (Å²) in [5, 5.41) is 3.66. The fourth-order valence-corrected chi connectivity index (χ4v) is 3.14. The molecule has 2 heterocycles. The summed E-state index contributed by atoms with van der Waals surface area (Å²) in [6, 6.07) is 5.51. The van der Waals surface area contributed by atoms with Crippen LogP contribution in [-0.2, 0) is 6.54 Å². The van der Waals surface area contributed by atoms with Gasteiger partial charge in [0, 0.05) is 25.2 Å². The first-order chi connectivity index (χ1) is 7.93. The van der Waals surface area contributed by atoms with Crippen molar-refractivity contribution < 1.29 is 4.42 Å². The lowest BCUT2D eigenvalue weighted by Crippen LogP contribution is -2.58. The number of hydrogen-bond acceptors (Lipinski definition) is 3. The van der Waals surface area contributed by atoms with Crippen LogP contribution in [0.25, 0.3) is 0 Å². The fraction of sp³-hybridized carbons (Fsp3) is 0.692. The molecule has 1 aliphatic heterocycles. The summed E-state index contributed by atoms with van der Waals surface area (Å²) in [4.78, 5) is 2.60. The van der Waals surface area contributed by atoms with Crippen LogP contribution >= 0.6 is 0 Å². The molecule has 0 radical (unpaired) electrons. The summed E-state index contributed by atoms with van der Waals surface area (Å²) in [7, 11) is 0. The average Bonchev–Trinajstić information content (AvgIpc) is 2.82. The number of nitrogens with zero attached hydrogens (tertiary/aromatic N) is 1. The molecule has 1 aliphatic carbocycles. The summed E-state index contributed by atoms with van der Waals surface area (Å²) in [6.45, 7) is 3.26. The second-order valence-corrected chi connectivity index (χ2v) is 4.96. The van der Waals surface area contributed by atoms with Gasteiger partial charge in [-0.05, 0) is 25.0 Å². The van der Waals surface area contributed by atoms with E-state index in [1.54, 1.807) is 6.26 Å². The zero-order valence-electron chi connectivity index (χ0n) is 9.69. The van der Waals surface area contributed by atoms with E-state index in [-0.39, 0.29) is 0 Å². The van der Waals surface area contributed by atoms with Gasteiger partial charge in [-0.2, -0.15) is 0 Å². The highest BCUT2D eigenvalue weighted by Gasteiger charge is 2.32. The third kappa shape index (κ3) is 2.02. The number of nitrogens with one attached hydrogen (secondary N) is 1. The van der Waals surface area contributed by atoms with Gasteiger partial charge in [-0.15, -0.1) is 0 Å². The smallest absolute Gasteiger partial charge is 0.117 e. The highest BCUT2D eigenvalue weighted by Crippen LogP contribution is 2.26. The molecule has 2 aliphatic rings. The average molecular weight is 220 g/mol. The van der Waals surface area contributed by atoms with Gasteiger partial charge < -0.3 is 9.73 Å². The molecule has 1 aromatic heterocycles. The van der Waals surface area contributed by atoms with Crippen molar-refractivity contribution in [2.45, 2.75) is 44.3 Å². The van der Waals surface area contributed by atoms with Gasteiger partial charge in [0.25, 0.3) is 0 Å². The van der Waals surface area contributed by atoms with Crippen molar-refractivity contribution >= 4 is 0 Å². The summed E-state index contributed by atoms with van der Waals surface area (Å²) in [6.07, 6.45) is 7.24. The maximum absolute atomic E-state index is 5.45. The molecule has 3 nitrogen and oxygen atoms in total. The summed E-state index contributed by atoms with van der Waals surface area (Å²) in [5.41, 5.74) is 0. The fourth-order valence-electron chi connectivity index (χ4n) is 3.14. The summed E-state index contributed by atoms with van der Waals surface area (Å²) >= 11 is 0. The molecule has 2 atom stereocenters. The van der Waals surface area contributed by atoms with Crippen LogP contribution in [0, 0.1) is 0 Å². The molecule has 0 unspecified atom stereocenters. The predicted octanol–water partition coefficient (Wildman–Crippen LogP) is 2.00. The highest BCUT2D eigenvalue weighted by molar-refractivity contribution is 5.01. The quantitative estimate of drug-likeness (QED) is 0.826. The van der Waals surface area contributed by atoms with Crippen LogP contribution < -0.4 is 5.32 Å². The molecule has 1 N–H and O–H groups in total. The third-order valence-electron chi connectivity index (χ3n) is 3.94. The van der Waals surface area contributed by atoms with E-state index in [1.807, 2.05) is 6.07 Å². The minimum absolute atomic E-state index is 0.720. The van der Waals surface area contributed by atoms with Crippen molar-refractivity contribution in [3.05, 3.63) is 24.2 Å². The molecule has 1 aromatic rings. The van der Waals surface area contributed by atoms with Gasteiger partial charge in [0.2, 0.25) is 0 Å². The maximum Gasteiger partial charge on any atom is 0.117 e. The molecule has 88 valence electrons. The Kier molecular flexibility index (Phi) is 2.98. The lowest BCUT2D eigenvalue weighted by molar-refractivity contribution is 0.0754. The zero-order valence-corrected chi connectivity index (χ0v) is 9.69. The van der Waals surface area contributed by atoms with Gasteiger partial charge in [0.05, 0.1) is 12.8 Å². The number of hydrogen-bond donors (Lipinski definition) is 1. The normalized spacial score (nSPS) is 31.2. The number of piperazine rings is 1. The van der Waals surface area contributed by atoms with Gasteiger partial charge >= 0.3 is 0 Å². The molecule has 0 amide bonds. The van der Waals surface area contributed by atoms with E-state index < -0.39 is 0 Å². The van der Waals surface area contributed by atoms with Gasteiger partial charge in [-0.3, -0.25) is 4.90 Å². The molecular weight excluding hydrogens is 200 g/mol. The second-order valence-electron chi connectivity index (χ2n) is 4.96. The molecular formula is C13H20N2O. The Morgan fingerprint density at radius 2 is 2.31 bits per heavy atom. The monoisotopic (exact) mass is 220 g/mol. The SMILES string of the molecule is c1coc(CN2CCN[C@@H]3CCCC[C@@H]32)c1. The van der Waals surface area contributed by atoms with E-state index in [1.165, 1.54) is 25.7 Å². The first-order valence-electron chi connectivity index (χ1n) is 6.43. The van der Waals surface area contributed by atoms with Crippen molar-refractivity contribution in [1.29, 1.82) is 0 Å². The van der Waals surface area contributed by atoms with Crippen molar-refractivity contribution in [2.75, 3.05) is 13.1 Å². The van der Waals surface area contributed by atoms with Crippen LogP contribution in [-0.4, -0.2) is 30.1 Å². The number of fused-ring (bicyclic) bond motifs is 1. The largest absolute Gasteiger partial charge is 0.468 e. The summed E-state index contributed by atoms with van der Waals surface area (Å²) < 4.78 is 5.45. The Balaban J connectivity index is 1.68. The van der Waals surface area contributed by atoms with Crippen LogP contribution in [0.2, 0.25) is 0 Å². The Bertz CT molecular complexity index is 321. The van der Waals surface area contributed by atoms with Gasteiger partial charge in [0.1, 0.15) is 5.76 Å². The molecule has 0 aromatic carbocycles. The lowest BCUT2D eigenvalue weighted by Gasteiger charge is -2.44. The highest BCUT2D eigenvalue weighted by atomic mass is 16.3. The predicted molar refractivity (Wildman–Crippen MR) is 63.2 cm³/mol. The second kappa shape index (κ2) is 4.60. The van der Waals surface area contributed by atoms with E-state index in [2.05, 4.69) is 16.3 Å². The van der Waals surface area contributed by atoms with E-state index >= 15 is 0 Å². The Morgan fingerprint density at radius 3 is 3.19 bits per heavy atom. The molecule has 3 heteroatoms. The van der Waals surface area contributed by atoms with Crippen LogP contribution in [0.5, 0.6) is 0 Å². The van der Waals surface area contributed by atoms with Crippen molar-refractivity contribution in [3.63, 3.8) is 0 Å². The number of furan rings is 1. The van der Waals surface area contributed by atoms with Gasteiger partial charge in [0.15, 0.2) is 0 Å². The minimum atomic E-state index is 0.720. The van der Waals surface area contributed by atoms with Crippen LogP contribution in [0.15, 0.2) is 22.8 Å². The Hall–Kier alpha value is -0.800. The van der Waals surface area contributed by atoms with Crippen LogP contribution in [0.4, 0.5) is 0 Å². The standard InChI is InChI=1S/C13H20N2O/c1-2-6-13-12(5-1)14-7-8-15(13)10-11-4-3-9-16-11/h3-4,9,12-14H,1-2,5-8,10H2/t12-,13+/m1/s1. The van der Waals surface area contributed by atoms with Gasteiger partial charge in [-0.25, -0.2) is 0 Å². The number of rotatable bonds is 2. The maximum atomic E-state index is 5.45. The first-order valence-corrected chi connectivity index (χ1v) is 6.43. The van der Waals surface area contributed by atoms with E-state index in [0.29, 0.717) is 0 Å². The minimum Gasteiger partial charge on any atom is -0.468 e.